The predicted molar refractivity (Wildman–Crippen MR) is 87.5 cm³/mol. The van der Waals surface area contributed by atoms with Crippen LogP contribution in [0.4, 0.5) is 5.69 Å². The van der Waals surface area contributed by atoms with Crippen molar-refractivity contribution in [2.24, 2.45) is 0 Å². The second-order valence-corrected chi connectivity index (χ2v) is 5.71. The molecule has 0 radical (unpaired) electrons. The zero-order chi connectivity index (χ0) is 16.2. The van der Waals surface area contributed by atoms with Gasteiger partial charge in [0.15, 0.2) is 0 Å². The molecule has 2 aromatic heterocycles. The van der Waals surface area contributed by atoms with Gasteiger partial charge in [-0.1, -0.05) is 6.07 Å². The van der Waals surface area contributed by atoms with Crippen molar-refractivity contribution in [1.82, 2.24) is 9.97 Å². The molecule has 6 nitrogen and oxygen atoms in total. The number of ether oxygens (including phenoxy) is 1. The highest BCUT2D eigenvalue weighted by atomic mass is 32.1. The highest BCUT2D eigenvalue weighted by Gasteiger charge is 2.11. The maximum Gasteiger partial charge on any atom is 0.272 e. The van der Waals surface area contributed by atoms with Crippen LogP contribution < -0.4 is 4.74 Å². The van der Waals surface area contributed by atoms with Crippen LogP contribution in [0.2, 0.25) is 0 Å². The normalized spacial score (nSPS) is 10.5. The number of aromatic nitrogens is 2. The third-order valence-electron chi connectivity index (χ3n) is 3.19. The molecule has 3 aromatic rings. The summed E-state index contributed by atoms with van der Waals surface area (Å²) in [5, 5.41) is 13.6. The van der Waals surface area contributed by atoms with E-state index in [2.05, 4.69) is 9.97 Å². The summed E-state index contributed by atoms with van der Waals surface area (Å²) in [4.78, 5) is 19.1. The van der Waals surface area contributed by atoms with Gasteiger partial charge in [0.25, 0.3) is 5.69 Å². The molecule has 7 heteroatoms. The first kappa shape index (κ1) is 15.1. The van der Waals surface area contributed by atoms with Crippen LogP contribution in [0.5, 0.6) is 5.75 Å². The third-order valence-corrected chi connectivity index (χ3v) is 4.10. The molecule has 1 aromatic carbocycles. The molecule has 0 bridgehead atoms. The van der Waals surface area contributed by atoms with E-state index in [1.54, 1.807) is 25.3 Å². The highest BCUT2D eigenvalue weighted by molar-refractivity contribution is 7.13. The van der Waals surface area contributed by atoms with Crippen LogP contribution in [0.1, 0.15) is 11.3 Å². The Balaban J connectivity index is 1.68. The number of nitrogens with zero attached hydrogens (tertiary/aromatic N) is 3. The van der Waals surface area contributed by atoms with Gasteiger partial charge in [-0.3, -0.25) is 15.1 Å². The molecule has 0 spiro atoms. The van der Waals surface area contributed by atoms with E-state index in [1.165, 1.54) is 17.4 Å². The van der Waals surface area contributed by atoms with Crippen LogP contribution in [0, 0.1) is 17.0 Å². The second-order valence-electron chi connectivity index (χ2n) is 4.85. The molecule has 2 heterocycles. The molecule has 0 aliphatic rings. The van der Waals surface area contributed by atoms with E-state index < -0.39 is 4.92 Å². The summed E-state index contributed by atoms with van der Waals surface area (Å²) in [7, 11) is 0. The Bertz CT molecular complexity index is 834. The van der Waals surface area contributed by atoms with Gasteiger partial charge in [0.05, 0.1) is 16.3 Å². The summed E-state index contributed by atoms with van der Waals surface area (Å²) in [6, 6.07) is 10.4. The number of nitro benzene ring substituents is 1. The second kappa shape index (κ2) is 6.53. The van der Waals surface area contributed by atoms with Crippen LogP contribution >= 0.6 is 11.3 Å². The van der Waals surface area contributed by atoms with Crippen molar-refractivity contribution in [2.45, 2.75) is 13.5 Å². The van der Waals surface area contributed by atoms with Gasteiger partial charge >= 0.3 is 0 Å². The number of aryl methyl sites for hydroxylation is 1. The van der Waals surface area contributed by atoms with E-state index in [4.69, 9.17) is 4.74 Å². The molecule has 23 heavy (non-hydrogen) atoms. The van der Waals surface area contributed by atoms with Crippen LogP contribution in [0.3, 0.4) is 0 Å². The molecule has 0 aliphatic heterocycles. The summed E-state index contributed by atoms with van der Waals surface area (Å²) in [6.45, 7) is 1.99. The van der Waals surface area contributed by atoms with Gasteiger partial charge in [0.1, 0.15) is 17.4 Å². The Hall–Kier alpha value is -2.80. The van der Waals surface area contributed by atoms with E-state index >= 15 is 0 Å². The first-order valence-corrected chi connectivity index (χ1v) is 7.75. The summed E-state index contributed by atoms with van der Waals surface area (Å²) in [5.41, 5.74) is 2.28. The Morgan fingerprint density at radius 2 is 2.17 bits per heavy atom. The first-order chi connectivity index (χ1) is 11.1. The average molecular weight is 327 g/mol. The summed E-state index contributed by atoms with van der Waals surface area (Å²) in [6.07, 6.45) is 1.73. The molecule has 0 N–H and O–H groups in total. The lowest BCUT2D eigenvalue weighted by atomic mass is 10.2. The number of hydrogen-bond acceptors (Lipinski definition) is 6. The van der Waals surface area contributed by atoms with Crippen LogP contribution in [-0.4, -0.2) is 14.9 Å². The Kier molecular flexibility index (Phi) is 4.29. The van der Waals surface area contributed by atoms with E-state index in [-0.39, 0.29) is 5.69 Å². The molecule has 0 amide bonds. The fraction of sp³-hybridized carbons (Fsp3) is 0.125. The van der Waals surface area contributed by atoms with Crippen molar-refractivity contribution in [2.75, 3.05) is 0 Å². The molecule has 0 atom stereocenters. The number of hydrogen-bond donors (Lipinski definition) is 0. The fourth-order valence-electron chi connectivity index (χ4n) is 2.06. The average Bonchev–Trinajstić information content (AvgIpc) is 3.02. The minimum Gasteiger partial charge on any atom is -0.487 e. The van der Waals surface area contributed by atoms with Crippen molar-refractivity contribution in [3.05, 3.63) is 69.3 Å². The molecule has 0 fully saturated rings. The largest absolute Gasteiger partial charge is 0.487 e. The van der Waals surface area contributed by atoms with E-state index in [9.17, 15) is 10.1 Å². The number of rotatable bonds is 5. The molecule has 0 aliphatic carbocycles. The Morgan fingerprint density at radius 1 is 1.30 bits per heavy atom. The maximum absolute atomic E-state index is 10.8. The van der Waals surface area contributed by atoms with Crippen molar-refractivity contribution in [3.8, 4) is 16.5 Å². The predicted octanol–water partition coefficient (Wildman–Crippen LogP) is 4.00. The summed E-state index contributed by atoms with van der Waals surface area (Å²) < 4.78 is 5.66. The first-order valence-electron chi connectivity index (χ1n) is 6.87. The van der Waals surface area contributed by atoms with Crippen LogP contribution in [0.15, 0.2) is 48.0 Å². The molecule has 116 valence electrons. The summed E-state index contributed by atoms with van der Waals surface area (Å²) >= 11 is 1.50. The Morgan fingerprint density at radius 3 is 2.87 bits per heavy atom. The lowest BCUT2D eigenvalue weighted by Crippen LogP contribution is -1.97. The number of pyridine rings is 1. The van der Waals surface area contributed by atoms with Gasteiger partial charge in [0.2, 0.25) is 0 Å². The van der Waals surface area contributed by atoms with Gasteiger partial charge in [-0.2, -0.15) is 0 Å². The molecule has 3 rings (SSSR count). The standard InChI is InChI=1S/C16H13N3O3S/c1-11-8-13(5-6-15(11)19(20)21)22-9-12-10-23-16(18-12)14-4-2-3-7-17-14/h2-8,10H,9H2,1H3. The zero-order valence-electron chi connectivity index (χ0n) is 12.3. The number of nitro groups is 1. The highest BCUT2D eigenvalue weighted by Crippen LogP contribution is 2.25. The minimum absolute atomic E-state index is 0.0865. The van der Waals surface area contributed by atoms with Crippen molar-refractivity contribution in [3.63, 3.8) is 0 Å². The fourth-order valence-corrected chi connectivity index (χ4v) is 2.84. The summed E-state index contributed by atoms with van der Waals surface area (Å²) in [5.74, 6) is 0.584. The quantitative estimate of drug-likeness (QED) is 0.523. The van der Waals surface area contributed by atoms with Gasteiger partial charge < -0.3 is 4.74 Å². The lowest BCUT2D eigenvalue weighted by molar-refractivity contribution is -0.385. The zero-order valence-corrected chi connectivity index (χ0v) is 13.1. The van der Waals surface area contributed by atoms with Gasteiger partial charge in [-0.25, -0.2) is 4.98 Å². The van der Waals surface area contributed by atoms with Crippen molar-refractivity contribution >= 4 is 17.0 Å². The smallest absolute Gasteiger partial charge is 0.272 e. The van der Waals surface area contributed by atoms with Gasteiger partial charge in [-0.15, -0.1) is 11.3 Å². The van der Waals surface area contributed by atoms with Crippen LogP contribution in [-0.2, 0) is 6.61 Å². The minimum atomic E-state index is -0.404. The SMILES string of the molecule is Cc1cc(OCc2csc(-c3ccccn3)n2)ccc1[N+](=O)[O-]. The van der Waals surface area contributed by atoms with E-state index in [1.807, 2.05) is 23.6 Å². The number of benzene rings is 1. The lowest BCUT2D eigenvalue weighted by Gasteiger charge is -2.05. The van der Waals surface area contributed by atoms with Crippen LogP contribution in [0.25, 0.3) is 10.7 Å². The molecular formula is C16H13N3O3S. The maximum atomic E-state index is 10.8. The monoisotopic (exact) mass is 327 g/mol. The van der Waals surface area contributed by atoms with Gasteiger partial charge in [0, 0.05) is 23.2 Å². The molecule has 0 saturated heterocycles. The van der Waals surface area contributed by atoms with Crippen molar-refractivity contribution < 1.29 is 9.66 Å². The molecule has 0 saturated carbocycles. The topological polar surface area (TPSA) is 78.2 Å². The number of thiazole rings is 1. The molecule has 0 unspecified atom stereocenters. The van der Waals surface area contributed by atoms with Gasteiger partial charge in [-0.05, 0) is 31.2 Å². The third kappa shape index (κ3) is 3.51. The van der Waals surface area contributed by atoms with Crippen molar-refractivity contribution in [1.29, 1.82) is 0 Å². The van der Waals surface area contributed by atoms with E-state index in [0.717, 1.165) is 16.4 Å². The van der Waals surface area contributed by atoms with E-state index in [0.29, 0.717) is 17.9 Å². The molecular weight excluding hydrogens is 314 g/mol. The Labute approximate surface area is 136 Å².